The highest BCUT2D eigenvalue weighted by atomic mass is 15.3. The van der Waals surface area contributed by atoms with E-state index in [2.05, 4.69) is 9.80 Å². The standard InChI is InChI=1S/C16H33N3/c17-9-5-2-6-10-18-11-13-19(14-12-18)15-16-7-3-1-4-8-16/h16H,1-15,17H2. The molecule has 0 bridgehead atoms. The van der Waals surface area contributed by atoms with Crippen molar-refractivity contribution in [3.63, 3.8) is 0 Å². The van der Waals surface area contributed by atoms with E-state index in [1.807, 2.05) is 0 Å². The summed E-state index contributed by atoms with van der Waals surface area (Å²) in [6.07, 6.45) is 11.2. The normalized spacial score (nSPS) is 23.8. The summed E-state index contributed by atoms with van der Waals surface area (Å²) in [5.41, 5.74) is 5.53. The summed E-state index contributed by atoms with van der Waals surface area (Å²) in [7, 11) is 0. The number of hydrogen-bond acceptors (Lipinski definition) is 3. The van der Waals surface area contributed by atoms with Crippen LogP contribution in [0.5, 0.6) is 0 Å². The number of hydrogen-bond donors (Lipinski definition) is 1. The molecule has 2 fully saturated rings. The summed E-state index contributed by atoms with van der Waals surface area (Å²) in [6.45, 7) is 8.69. The van der Waals surface area contributed by atoms with Crippen LogP contribution in [0.2, 0.25) is 0 Å². The smallest absolute Gasteiger partial charge is 0.0110 e. The average Bonchev–Trinajstić information content (AvgIpc) is 2.46. The molecule has 1 saturated carbocycles. The van der Waals surface area contributed by atoms with E-state index in [9.17, 15) is 0 Å². The highest BCUT2D eigenvalue weighted by Gasteiger charge is 2.21. The second kappa shape index (κ2) is 8.93. The van der Waals surface area contributed by atoms with Crippen LogP contribution in [0.1, 0.15) is 51.4 Å². The molecule has 1 aliphatic heterocycles. The van der Waals surface area contributed by atoms with Gasteiger partial charge in [-0.1, -0.05) is 25.7 Å². The first-order valence-electron chi connectivity index (χ1n) is 8.53. The second-order valence-corrected chi connectivity index (χ2v) is 6.50. The molecule has 0 atom stereocenters. The maximum Gasteiger partial charge on any atom is 0.0110 e. The molecule has 3 nitrogen and oxygen atoms in total. The Morgan fingerprint density at radius 1 is 0.789 bits per heavy atom. The summed E-state index contributed by atoms with van der Waals surface area (Å²) in [5.74, 6) is 1.00. The van der Waals surface area contributed by atoms with Gasteiger partial charge in [0.2, 0.25) is 0 Å². The molecule has 0 radical (unpaired) electrons. The van der Waals surface area contributed by atoms with Crippen molar-refractivity contribution in [2.75, 3.05) is 45.8 Å². The van der Waals surface area contributed by atoms with Crippen LogP contribution in [-0.4, -0.2) is 55.6 Å². The largest absolute Gasteiger partial charge is 0.330 e. The molecular formula is C16H33N3. The lowest BCUT2D eigenvalue weighted by molar-refractivity contribution is 0.108. The van der Waals surface area contributed by atoms with E-state index in [1.165, 1.54) is 90.6 Å². The molecule has 2 rings (SSSR count). The van der Waals surface area contributed by atoms with E-state index >= 15 is 0 Å². The van der Waals surface area contributed by atoms with Gasteiger partial charge in [0.15, 0.2) is 0 Å². The molecule has 19 heavy (non-hydrogen) atoms. The number of rotatable bonds is 7. The summed E-state index contributed by atoms with van der Waals surface area (Å²) >= 11 is 0. The van der Waals surface area contributed by atoms with Crippen LogP contribution in [0.3, 0.4) is 0 Å². The van der Waals surface area contributed by atoms with Crippen molar-refractivity contribution in [2.45, 2.75) is 51.4 Å². The molecule has 0 aromatic rings. The first-order valence-corrected chi connectivity index (χ1v) is 8.53. The van der Waals surface area contributed by atoms with Gasteiger partial charge in [0.25, 0.3) is 0 Å². The van der Waals surface area contributed by atoms with Gasteiger partial charge in [-0.3, -0.25) is 0 Å². The zero-order valence-electron chi connectivity index (χ0n) is 12.7. The molecule has 3 heteroatoms. The molecule has 1 saturated heterocycles. The van der Waals surface area contributed by atoms with E-state index in [0.29, 0.717) is 0 Å². The summed E-state index contributed by atoms with van der Waals surface area (Å²) in [4.78, 5) is 5.36. The quantitative estimate of drug-likeness (QED) is 0.719. The Labute approximate surface area is 119 Å². The average molecular weight is 267 g/mol. The van der Waals surface area contributed by atoms with Crippen LogP contribution in [0.15, 0.2) is 0 Å². The molecule has 0 unspecified atom stereocenters. The molecule has 0 aromatic heterocycles. The Hall–Kier alpha value is -0.120. The van der Waals surface area contributed by atoms with Crippen LogP contribution in [0.4, 0.5) is 0 Å². The minimum Gasteiger partial charge on any atom is -0.330 e. The number of piperazine rings is 1. The van der Waals surface area contributed by atoms with E-state index in [0.717, 1.165) is 12.5 Å². The molecule has 1 aliphatic carbocycles. The highest BCUT2D eigenvalue weighted by molar-refractivity contribution is 4.76. The Bertz CT molecular complexity index is 218. The third-order valence-electron chi connectivity index (χ3n) is 4.88. The van der Waals surface area contributed by atoms with E-state index in [4.69, 9.17) is 5.73 Å². The predicted octanol–water partition coefficient (Wildman–Crippen LogP) is 2.31. The molecule has 1 heterocycles. The fraction of sp³-hybridized carbons (Fsp3) is 1.00. The van der Waals surface area contributed by atoms with Crippen molar-refractivity contribution >= 4 is 0 Å². The maximum atomic E-state index is 5.53. The van der Waals surface area contributed by atoms with Crippen molar-refractivity contribution in [3.8, 4) is 0 Å². The van der Waals surface area contributed by atoms with E-state index in [-0.39, 0.29) is 0 Å². The van der Waals surface area contributed by atoms with Crippen LogP contribution < -0.4 is 5.73 Å². The van der Waals surface area contributed by atoms with Crippen LogP contribution >= 0.6 is 0 Å². The predicted molar refractivity (Wildman–Crippen MR) is 82.4 cm³/mol. The third-order valence-corrected chi connectivity index (χ3v) is 4.88. The lowest BCUT2D eigenvalue weighted by atomic mass is 9.89. The SMILES string of the molecule is NCCCCCN1CCN(CC2CCCCC2)CC1. The van der Waals surface area contributed by atoms with Crippen LogP contribution in [-0.2, 0) is 0 Å². The number of nitrogens with zero attached hydrogens (tertiary/aromatic N) is 2. The zero-order chi connectivity index (χ0) is 13.3. The molecule has 0 amide bonds. The Kier molecular flexibility index (Phi) is 7.18. The first kappa shape index (κ1) is 15.3. The zero-order valence-corrected chi connectivity index (χ0v) is 12.7. The fourth-order valence-corrected chi connectivity index (χ4v) is 3.59. The Balaban J connectivity index is 1.54. The number of unbranched alkanes of at least 4 members (excludes halogenated alkanes) is 2. The van der Waals surface area contributed by atoms with Gasteiger partial charge >= 0.3 is 0 Å². The van der Waals surface area contributed by atoms with Gasteiger partial charge in [-0.25, -0.2) is 0 Å². The Morgan fingerprint density at radius 2 is 1.47 bits per heavy atom. The first-order chi connectivity index (χ1) is 9.38. The van der Waals surface area contributed by atoms with Crippen LogP contribution in [0.25, 0.3) is 0 Å². The molecular weight excluding hydrogens is 234 g/mol. The van der Waals surface area contributed by atoms with Gasteiger partial charge in [0.1, 0.15) is 0 Å². The van der Waals surface area contributed by atoms with Gasteiger partial charge in [-0.15, -0.1) is 0 Å². The summed E-state index contributed by atoms with van der Waals surface area (Å²) in [6, 6.07) is 0. The lowest BCUT2D eigenvalue weighted by Gasteiger charge is -2.37. The third kappa shape index (κ3) is 5.80. The highest BCUT2D eigenvalue weighted by Crippen LogP contribution is 2.24. The van der Waals surface area contributed by atoms with E-state index in [1.54, 1.807) is 0 Å². The maximum absolute atomic E-state index is 5.53. The van der Waals surface area contributed by atoms with Crippen molar-refractivity contribution in [3.05, 3.63) is 0 Å². The lowest BCUT2D eigenvalue weighted by Crippen LogP contribution is -2.48. The van der Waals surface area contributed by atoms with Crippen molar-refractivity contribution in [1.82, 2.24) is 9.80 Å². The van der Waals surface area contributed by atoms with Gasteiger partial charge < -0.3 is 15.5 Å². The number of nitrogens with two attached hydrogens (primary N) is 1. The summed E-state index contributed by atoms with van der Waals surface area (Å²) < 4.78 is 0. The van der Waals surface area contributed by atoms with Gasteiger partial charge in [0.05, 0.1) is 0 Å². The van der Waals surface area contributed by atoms with Gasteiger partial charge in [0, 0.05) is 32.7 Å². The summed E-state index contributed by atoms with van der Waals surface area (Å²) in [5, 5.41) is 0. The Morgan fingerprint density at radius 3 is 2.16 bits per heavy atom. The van der Waals surface area contributed by atoms with Gasteiger partial charge in [-0.2, -0.15) is 0 Å². The fourth-order valence-electron chi connectivity index (χ4n) is 3.59. The molecule has 0 spiro atoms. The van der Waals surface area contributed by atoms with Crippen molar-refractivity contribution in [1.29, 1.82) is 0 Å². The minimum atomic E-state index is 0.856. The van der Waals surface area contributed by atoms with Crippen molar-refractivity contribution < 1.29 is 0 Å². The molecule has 0 aromatic carbocycles. The topological polar surface area (TPSA) is 32.5 Å². The molecule has 112 valence electrons. The second-order valence-electron chi connectivity index (χ2n) is 6.50. The molecule has 2 N–H and O–H groups in total. The molecule has 2 aliphatic rings. The van der Waals surface area contributed by atoms with Gasteiger partial charge in [-0.05, 0) is 44.7 Å². The monoisotopic (exact) mass is 267 g/mol. The van der Waals surface area contributed by atoms with E-state index < -0.39 is 0 Å². The van der Waals surface area contributed by atoms with Crippen molar-refractivity contribution in [2.24, 2.45) is 11.7 Å². The van der Waals surface area contributed by atoms with Crippen LogP contribution in [0, 0.1) is 5.92 Å². The minimum absolute atomic E-state index is 0.856.